The highest BCUT2D eigenvalue weighted by Crippen LogP contribution is 2.18. The molecule has 0 spiro atoms. The predicted molar refractivity (Wildman–Crippen MR) is 55.8 cm³/mol. The van der Waals surface area contributed by atoms with Crippen molar-refractivity contribution < 1.29 is 18.3 Å². The van der Waals surface area contributed by atoms with Gasteiger partial charge < -0.3 is 15.2 Å². The Balaban J connectivity index is 2.19. The third kappa shape index (κ3) is 5.43. The molecule has 1 fully saturated rings. The smallest absolute Gasteiger partial charge is 0.210 e. The van der Waals surface area contributed by atoms with Crippen molar-refractivity contribution in [3.8, 4) is 0 Å². The van der Waals surface area contributed by atoms with Gasteiger partial charge in [0, 0.05) is 39.1 Å². The number of hydrogen-bond donors (Lipinski definition) is 3. The Labute approximate surface area is 89.8 Å². The molecular weight excluding hydrogens is 220 g/mol. The van der Waals surface area contributed by atoms with E-state index in [0.29, 0.717) is 32.6 Å². The van der Waals surface area contributed by atoms with E-state index in [1.165, 1.54) is 0 Å². The lowest BCUT2D eigenvalue weighted by molar-refractivity contribution is -0.0612. The Kier molecular flexibility index (Phi) is 4.47. The van der Waals surface area contributed by atoms with Crippen LogP contribution in [0.5, 0.6) is 0 Å². The van der Waals surface area contributed by atoms with Gasteiger partial charge in [-0.2, -0.15) is 0 Å². The summed E-state index contributed by atoms with van der Waals surface area (Å²) >= 11 is 0. The summed E-state index contributed by atoms with van der Waals surface area (Å²) < 4.78 is 26.4. The van der Waals surface area contributed by atoms with E-state index in [1.807, 2.05) is 0 Å². The fourth-order valence-electron chi connectivity index (χ4n) is 1.46. The Morgan fingerprint density at radius 2 is 2.00 bits per heavy atom. The van der Waals surface area contributed by atoms with Gasteiger partial charge >= 0.3 is 0 Å². The third-order valence-electron chi connectivity index (χ3n) is 2.44. The van der Waals surface area contributed by atoms with Crippen molar-refractivity contribution in [1.82, 2.24) is 5.32 Å². The molecule has 4 N–H and O–H groups in total. The van der Waals surface area contributed by atoms with Crippen LogP contribution in [0.15, 0.2) is 0 Å². The zero-order valence-electron chi connectivity index (χ0n) is 8.61. The summed E-state index contributed by atoms with van der Waals surface area (Å²) in [6.07, 6.45) is 1.16. The number of aliphatic hydroxyl groups is 1. The van der Waals surface area contributed by atoms with Crippen LogP contribution in [-0.2, 0) is 14.8 Å². The summed E-state index contributed by atoms with van der Waals surface area (Å²) in [6.45, 7) is 1.74. The molecule has 0 bridgehead atoms. The van der Waals surface area contributed by atoms with Crippen molar-refractivity contribution >= 4 is 10.0 Å². The van der Waals surface area contributed by atoms with Gasteiger partial charge in [-0.15, -0.1) is 0 Å². The molecule has 1 aliphatic rings. The average Bonchev–Trinajstić information content (AvgIpc) is 2.12. The van der Waals surface area contributed by atoms with E-state index in [0.717, 1.165) is 0 Å². The lowest BCUT2D eigenvalue weighted by atomic mass is 9.94. The van der Waals surface area contributed by atoms with Crippen LogP contribution in [-0.4, -0.2) is 51.2 Å². The van der Waals surface area contributed by atoms with Crippen LogP contribution < -0.4 is 10.5 Å². The first-order valence-electron chi connectivity index (χ1n) is 4.93. The van der Waals surface area contributed by atoms with E-state index in [1.54, 1.807) is 0 Å². The summed E-state index contributed by atoms with van der Waals surface area (Å²) in [5.74, 6) is -0.112. The molecule has 0 atom stereocenters. The van der Waals surface area contributed by atoms with Gasteiger partial charge in [0.15, 0.2) is 0 Å². The van der Waals surface area contributed by atoms with Gasteiger partial charge in [-0.25, -0.2) is 13.6 Å². The van der Waals surface area contributed by atoms with Crippen LogP contribution in [0.2, 0.25) is 0 Å². The second-order valence-corrected chi connectivity index (χ2v) is 5.61. The van der Waals surface area contributed by atoms with Gasteiger partial charge in [0.2, 0.25) is 10.0 Å². The number of hydrogen-bond acceptors (Lipinski definition) is 5. The molecule has 90 valence electrons. The van der Waals surface area contributed by atoms with Crippen molar-refractivity contribution in [3.63, 3.8) is 0 Å². The predicted octanol–water partition coefficient (Wildman–Crippen LogP) is -1.59. The fraction of sp³-hybridized carbons (Fsp3) is 1.00. The Morgan fingerprint density at radius 3 is 2.53 bits per heavy atom. The molecule has 1 rings (SSSR count). The zero-order valence-corrected chi connectivity index (χ0v) is 9.42. The molecule has 1 saturated heterocycles. The lowest BCUT2D eigenvalue weighted by Crippen LogP contribution is -2.46. The molecule has 0 saturated carbocycles. The maximum atomic E-state index is 10.6. The highest BCUT2D eigenvalue weighted by atomic mass is 32.2. The highest BCUT2D eigenvalue weighted by molar-refractivity contribution is 7.89. The monoisotopic (exact) mass is 238 g/mol. The molecular formula is C8H18N2O4S. The largest absolute Gasteiger partial charge is 0.388 e. The summed E-state index contributed by atoms with van der Waals surface area (Å²) in [7, 11) is -3.42. The minimum absolute atomic E-state index is 0.112. The van der Waals surface area contributed by atoms with Crippen LogP contribution in [0, 0.1) is 0 Å². The van der Waals surface area contributed by atoms with E-state index in [4.69, 9.17) is 9.88 Å². The minimum Gasteiger partial charge on any atom is -0.388 e. The van der Waals surface area contributed by atoms with Crippen LogP contribution in [0.25, 0.3) is 0 Å². The second-order valence-electron chi connectivity index (χ2n) is 3.88. The number of ether oxygens (including phenoxy) is 1. The van der Waals surface area contributed by atoms with Crippen LogP contribution in [0.3, 0.4) is 0 Å². The molecule has 0 unspecified atom stereocenters. The topological polar surface area (TPSA) is 102 Å². The number of sulfonamides is 1. The van der Waals surface area contributed by atoms with Gasteiger partial charge in [-0.3, -0.25) is 0 Å². The maximum absolute atomic E-state index is 10.6. The molecule has 7 heteroatoms. The van der Waals surface area contributed by atoms with E-state index in [2.05, 4.69) is 5.32 Å². The fourth-order valence-corrected chi connectivity index (χ4v) is 1.89. The van der Waals surface area contributed by atoms with Gasteiger partial charge in [-0.1, -0.05) is 0 Å². The lowest BCUT2D eigenvalue weighted by Gasteiger charge is -2.32. The second kappa shape index (κ2) is 5.22. The molecule has 0 aromatic heterocycles. The number of rotatable bonds is 5. The summed E-state index contributed by atoms with van der Waals surface area (Å²) in [5.41, 5.74) is -0.767. The Hall–Kier alpha value is -0.210. The number of nitrogens with two attached hydrogens (primary N) is 1. The molecule has 0 aromatic rings. The Morgan fingerprint density at radius 1 is 1.40 bits per heavy atom. The zero-order chi connectivity index (χ0) is 11.4. The summed E-state index contributed by atoms with van der Waals surface area (Å²) in [6, 6.07) is 0. The minimum atomic E-state index is -3.42. The number of primary sulfonamides is 1. The van der Waals surface area contributed by atoms with Gasteiger partial charge in [0.25, 0.3) is 0 Å². The van der Waals surface area contributed by atoms with Crippen molar-refractivity contribution in [2.75, 3.05) is 32.1 Å². The first-order valence-corrected chi connectivity index (χ1v) is 6.64. The van der Waals surface area contributed by atoms with Crippen LogP contribution >= 0.6 is 0 Å². The van der Waals surface area contributed by atoms with E-state index in [-0.39, 0.29) is 12.3 Å². The van der Waals surface area contributed by atoms with Crippen molar-refractivity contribution in [3.05, 3.63) is 0 Å². The first kappa shape index (κ1) is 12.9. The average molecular weight is 238 g/mol. The summed E-state index contributed by atoms with van der Waals surface area (Å²) in [5, 5.41) is 17.7. The van der Waals surface area contributed by atoms with E-state index >= 15 is 0 Å². The standard InChI is InChI=1S/C8H18N2O4S/c9-15(12,13)6-3-10-7-8(11)1-4-14-5-2-8/h10-11H,1-7H2,(H2,9,12,13). The molecule has 6 nitrogen and oxygen atoms in total. The van der Waals surface area contributed by atoms with Gasteiger partial charge in [0.1, 0.15) is 0 Å². The summed E-state index contributed by atoms with van der Waals surface area (Å²) in [4.78, 5) is 0. The van der Waals surface area contributed by atoms with Crippen molar-refractivity contribution in [1.29, 1.82) is 0 Å². The quantitative estimate of drug-likeness (QED) is 0.501. The van der Waals surface area contributed by atoms with Crippen LogP contribution in [0.4, 0.5) is 0 Å². The molecule has 0 aliphatic carbocycles. The van der Waals surface area contributed by atoms with E-state index in [9.17, 15) is 13.5 Å². The van der Waals surface area contributed by atoms with Crippen molar-refractivity contribution in [2.45, 2.75) is 18.4 Å². The molecule has 15 heavy (non-hydrogen) atoms. The van der Waals surface area contributed by atoms with E-state index < -0.39 is 15.6 Å². The molecule has 0 radical (unpaired) electrons. The third-order valence-corrected chi connectivity index (χ3v) is 3.21. The normalized spacial score (nSPS) is 21.5. The highest BCUT2D eigenvalue weighted by Gasteiger charge is 2.29. The molecule has 1 aliphatic heterocycles. The van der Waals surface area contributed by atoms with Crippen molar-refractivity contribution in [2.24, 2.45) is 5.14 Å². The molecule has 0 aromatic carbocycles. The molecule has 0 amide bonds. The van der Waals surface area contributed by atoms with Gasteiger partial charge in [-0.05, 0) is 0 Å². The Bertz CT molecular complexity index is 285. The number of nitrogens with one attached hydrogen (secondary N) is 1. The SMILES string of the molecule is NS(=O)(=O)CCNCC1(O)CCOCC1. The van der Waals surface area contributed by atoms with Gasteiger partial charge in [0.05, 0.1) is 11.4 Å². The molecule has 1 heterocycles. The first-order chi connectivity index (χ1) is 6.91. The maximum Gasteiger partial charge on any atom is 0.210 e. The van der Waals surface area contributed by atoms with Crippen LogP contribution in [0.1, 0.15) is 12.8 Å².